The molecule has 1 aliphatic rings. The van der Waals surface area contributed by atoms with Gasteiger partial charge in [0.2, 0.25) is 5.91 Å². The molecule has 0 aliphatic carbocycles. The fourth-order valence-electron chi connectivity index (χ4n) is 2.91. The van der Waals surface area contributed by atoms with Crippen LogP contribution < -0.4 is 9.64 Å². The smallest absolute Gasteiger partial charge is 0.311 e. The Morgan fingerprint density at radius 3 is 2.54 bits per heavy atom. The second-order valence-electron chi connectivity index (χ2n) is 6.26. The number of amides is 1. The maximum absolute atomic E-state index is 12.3. The molecule has 0 saturated carbocycles. The van der Waals surface area contributed by atoms with Crippen molar-refractivity contribution in [3.05, 3.63) is 58.1 Å². The zero-order valence-corrected chi connectivity index (χ0v) is 16.5. The number of carbonyl (C=O) groups is 3. The van der Waals surface area contributed by atoms with Crippen molar-refractivity contribution < 1.29 is 23.9 Å². The number of hydrogen-bond donors (Lipinski definition) is 0. The van der Waals surface area contributed by atoms with Crippen LogP contribution in [0.5, 0.6) is 5.75 Å². The molecule has 0 N–H and O–H groups in total. The number of esters is 1. The van der Waals surface area contributed by atoms with Gasteiger partial charge in [-0.05, 0) is 42.5 Å². The summed E-state index contributed by atoms with van der Waals surface area (Å²) in [6.45, 7) is -0.276. The van der Waals surface area contributed by atoms with E-state index in [9.17, 15) is 14.4 Å². The van der Waals surface area contributed by atoms with E-state index in [1.165, 1.54) is 12.0 Å². The second-order valence-corrected chi connectivity index (χ2v) is 7.10. The highest BCUT2D eigenvalue weighted by molar-refractivity contribution is 6.35. The molecule has 1 saturated heterocycles. The summed E-state index contributed by atoms with van der Waals surface area (Å²) in [5.74, 6) is -1.25. The molecular weight excluding hydrogens is 405 g/mol. The van der Waals surface area contributed by atoms with Gasteiger partial charge in [-0.3, -0.25) is 14.4 Å². The van der Waals surface area contributed by atoms with Crippen LogP contribution in [0.3, 0.4) is 0 Å². The van der Waals surface area contributed by atoms with E-state index in [2.05, 4.69) is 0 Å². The highest BCUT2D eigenvalue weighted by Gasteiger charge is 2.37. The van der Waals surface area contributed by atoms with Crippen LogP contribution in [-0.4, -0.2) is 37.9 Å². The van der Waals surface area contributed by atoms with E-state index in [4.69, 9.17) is 32.7 Å². The van der Waals surface area contributed by atoms with Crippen molar-refractivity contribution in [3.8, 4) is 5.75 Å². The van der Waals surface area contributed by atoms with Crippen LogP contribution in [0, 0.1) is 5.92 Å². The lowest BCUT2D eigenvalue weighted by Crippen LogP contribution is -2.27. The molecule has 2 aromatic rings. The number of Topliss-reactive ketones (excluding diaryl/α,β-unsaturated/α-hetero) is 1. The first-order valence-electron chi connectivity index (χ1n) is 8.48. The van der Waals surface area contributed by atoms with Gasteiger partial charge in [0.25, 0.3) is 0 Å². The Bertz CT molecular complexity index is 913. The third-order valence-electron chi connectivity index (χ3n) is 4.41. The van der Waals surface area contributed by atoms with Gasteiger partial charge in [0.15, 0.2) is 12.4 Å². The highest BCUT2D eigenvalue weighted by atomic mass is 35.5. The van der Waals surface area contributed by atoms with Gasteiger partial charge in [-0.25, -0.2) is 0 Å². The number of ketones is 1. The van der Waals surface area contributed by atoms with Gasteiger partial charge in [0.1, 0.15) is 5.75 Å². The zero-order valence-electron chi connectivity index (χ0n) is 15.0. The lowest BCUT2D eigenvalue weighted by atomic mass is 10.1. The normalized spacial score (nSPS) is 16.2. The van der Waals surface area contributed by atoms with Crippen LogP contribution in [0.4, 0.5) is 5.69 Å². The van der Waals surface area contributed by atoms with E-state index in [0.29, 0.717) is 27.0 Å². The van der Waals surface area contributed by atoms with Crippen LogP contribution >= 0.6 is 23.2 Å². The lowest BCUT2D eigenvalue weighted by Gasteiger charge is -2.18. The average Bonchev–Trinajstić information content (AvgIpc) is 3.09. The summed E-state index contributed by atoms with van der Waals surface area (Å²) >= 11 is 12.1. The summed E-state index contributed by atoms with van der Waals surface area (Å²) in [6.07, 6.45) is -0.0155. The predicted molar refractivity (Wildman–Crippen MR) is 105 cm³/mol. The van der Waals surface area contributed by atoms with Crippen LogP contribution in [0.25, 0.3) is 0 Å². The number of ether oxygens (including phenoxy) is 2. The van der Waals surface area contributed by atoms with Gasteiger partial charge >= 0.3 is 5.97 Å². The van der Waals surface area contributed by atoms with Crippen molar-refractivity contribution in [3.63, 3.8) is 0 Å². The molecule has 3 rings (SSSR count). The molecule has 0 bridgehead atoms. The van der Waals surface area contributed by atoms with Crippen molar-refractivity contribution in [1.29, 1.82) is 0 Å². The maximum atomic E-state index is 12.3. The first-order chi connectivity index (χ1) is 13.4. The summed E-state index contributed by atoms with van der Waals surface area (Å²) < 4.78 is 10.2. The van der Waals surface area contributed by atoms with E-state index >= 15 is 0 Å². The van der Waals surface area contributed by atoms with Crippen LogP contribution in [0.2, 0.25) is 10.0 Å². The number of carbonyl (C=O) groups excluding carboxylic acids is 3. The molecule has 1 aliphatic heterocycles. The third kappa shape index (κ3) is 4.46. The SMILES string of the molecule is COc1ccc(C(=O)COC(=O)[C@H]2CC(=O)N(c3cc(Cl)ccc3Cl)C2)cc1. The number of halogens is 2. The van der Waals surface area contributed by atoms with Crippen molar-refractivity contribution in [2.24, 2.45) is 5.92 Å². The number of methoxy groups -OCH3 is 1. The van der Waals surface area contributed by atoms with Crippen molar-refractivity contribution >= 4 is 46.5 Å². The van der Waals surface area contributed by atoms with Gasteiger partial charge in [0, 0.05) is 23.6 Å². The molecule has 1 amide bonds. The minimum Gasteiger partial charge on any atom is -0.497 e. The number of nitrogens with zero attached hydrogens (tertiary/aromatic N) is 1. The molecule has 1 fully saturated rings. The Balaban J connectivity index is 1.60. The van der Waals surface area contributed by atoms with Crippen LogP contribution in [0.15, 0.2) is 42.5 Å². The Morgan fingerprint density at radius 1 is 1.14 bits per heavy atom. The van der Waals surface area contributed by atoms with E-state index in [-0.39, 0.29) is 24.7 Å². The van der Waals surface area contributed by atoms with Gasteiger partial charge < -0.3 is 14.4 Å². The second kappa shape index (κ2) is 8.63. The minimum absolute atomic E-state index is 0.0155. The summed E-state index contributed by atoms with van der Waals surface area (Å²) in [7, 11) is 1.53. The van der Waals surface area contributed by atoms with Gasteiger partial charge in [-0.2, -0.15) is 0 Å². The van der Waals surface area contributed by atoms with E-state index in [1.54, 1.807) is 42.5 Å². The van der Waals surface area contributed by atoms with Crippen LogP contribution in [0.1, 0.15) is 16.8 Å². The molecule has 1 heterocycles. The minimum atomic E-state index is -0.675. The molecule has 8 heteroatoms. The van der Waals surface area contributed by atoms with E-state index < -0.39 is 18.5 Å². The number of rotatable bonds is 6. The monoisotopic (exact) mass is 421 g/mol. The molecule has 6 nitrogen and oxygen atoms in total. The topological polar surface area (TPSA) is 72.9 Å². The highest BCUT2D eigenvalue weighted by Crippen LogP contribution is 2.33. The fraction of sp³-hybridized carbons (Fsp3) is 0.250. The fourth-order valence-corrected chi connectivity index (χ4v) is 3.29. The molecule has 0 unspecified atom stereocenters. The molecular formula is C20H17Cl2NO5. The molecule has 146 valence electrons. The van der Waals surface area contributed by atoms with E-state index in [1.807, 2.05) is 0 Å². The molecule has 2 aromatic carbocycles. The maximum Gasteiger partial charge on any atom is 0.311 e. The van der Waals surface area contributed by atoms with Gasteiger partial charge in [-0.15, -0.1) is 0 Å². The summed E-state index contributed by atoms with van der Waals surface area (Å²) in [5, 5.41) is 0.796. The molecule has 0 radical (unpaired) electrons. The quantitative estimate of drug-likeness (QED) is 0.524. The first-order valence-corrected chi connectivity index (χ1v) is 9.24. The largest absolute Gasteiger partial charge is 0.497 e. The Hall–Kier alpha value is -2.57. The average molecular weight is 422 g/mol. The Morgan fingerprint density at radius 2 is 1.86 bits per heavy atom. The third-order valence-corrected chi connectivity index (χ3v) is 4.97. The van der Waals surface area contributed by atoms with Crippen LogP contribution in [-0.2, 0) is 14.3 Å². The summed E-state index contributed by atoms with van der Waals surface area (Å²) in [5.41, 5.74) is 0.854. The molecule has 1 atom stereocenters. The first kappa shape index (κ1) is 20.2. The molecule has 28 heavy (non-hydrogen) atoms. The number of hydrogen-bond acceptors (Lipinski definition) is 5. The molecule has 0 aromatic heterocycles. The van der Waals surface area contributed by atoms with Crippen molar-refractivity contribution in [2.45, 2.75) is 6.42 Å². The predicted octanol–water partition coefficient (Wildman–Crippen LogP) is 3.78. The number of anilines is 1. The van der Waals surface area contributed by atoms with Crippen molar-refractivity contribution in [1.82, 2.24) is 0 Å². The lowest BCUT2D eigenvalue weighted by molar-refractivity contribution is -0.147. The summed E-state index contributed by atoms with van der Waals surface area (Å²) in [6, 6.07) is 11.3. The zero-order chi connectivity index (χ0) is 20.3. The number of benzene rings is 2. The Labute approximate surface area is 171 Å². The van der Waals surface area contributed by atoms with Gasteiger partial charge in [-0.1, -0.05) is 23.2 Å². The van der Waals surface area contributed by atoms with Crippen molar-refractivity contribution in [2.75, 3.05) is 25.2 Å². The molecule has 0 spiro atoms. The Kier molecular flexibility index (Phi) is 6.21. The summed E-state index contributed by atoms with van der Waals surface area (Å²) in [4.78, 5) is 38.2. The van der Waals surface area contributed by atoms with E-state index in [0.717, 1.165) is 0 Å². The van der Waals surface area contributed by atoms with Gasteiger partial charge in [0.05, 0.1) is 23.7 Å². The standard InChI is InChI=1S/C20H17Cl2NO5/c1-27-15-5-2-12(3-6-15)18(24)11-28-20(26)13-8-19(25)23(10-13)17-9-14(21)4-7-16(17)22/h2-7,9,13H,8,10-11H2,1H3/t13-/m0/s1.